The molecule has 0 saturated heterocycles. The summed E-state index contributed by atoms with van der Waals surface area (Å²) < 4.78 is 49.7. The molecule has 11 heteroatoms. The monoisotopic (exact) mass is 337 g/mol. The number of aromatic nitrogens is 1. The second-order valence-electron chi connectivity index (χ2n) is 4.11. The Morgan fingerprint density at radius 2 is 1.81 bits per heavy atom. The number of carbonyl (C=O) groups is 1. The maximum atomic E-state index is 11.8. The van der Waals surface area contributed by atoms with Gasteiger partial charge in [0.15, 0.2) is 5.03 Å². The minimum absolute atomic E-state index is 0.0210. The Kier molecular flexibility index (Phi) is 5.78. The van der Waals surface area contributed by atoms with E-state index in [1.54, 1.807) is 0 Å². The molecule has 21 heavy (non-hydrogen) atoms. The molecular weight excluding hydrogens is 322 g/mol. The van der Waals surface area contributed by atoms with Crippen molar-refractivity contribution in [3.63, 3.8) is 0 Å². The SMILES string of the molecule is CS(=O)(=O)NCCCNS(=O)(=O)c1ccc(C(=O)O)cn1. The van der Waals surface area contributed by atoms with Crippen LogP contribution in [0.15, 0.2) is 23.4 Å². The lowest BCUT2D eigenvalue weighted by Crippen LogP contribution is -2.29. The van der Waals surface area contributed by atoms with Gasteiger partial charge < -0.3 is 5.11 Å². The highest BCUT2D eigenvalue weighted by Gasteiger charge is 2.15. The number of carboxylic acids is 1. The van der Waals surface area contributed by atoms with Crippen molar-refractivity contribution in [3.8, 4) is 0 Å². The summed E-state index contributed by atoms with van der Waals surface area (Å²) in [5.41, 5.74) is -0.119. The zero-order valence-electron chi connectivity index (χ0n) is 11.1. The van der Waals surface area contributed by atoms with Crippen molar-refractivity contribution < 1.29 is 26.7 Å². The van der Waals surface area contributed by atoms with Crippen LogP contribution in [0.5, 0.6) is 0 Å². The Bertz CT molecular complexity index is 697. The average Bonchev–Trinajstić information content (AvgIpc) is 2.37. The summed E-state index contributed by atoms with van der Waals surface area (Å²) in [6.07, 6.45) is 2.21. The average molecular weight is 337 g/mol. The largest absolute Gasteiger partial charge is 0.478 e. The highest BCUT2D eigenvalue weighted by atomic mass is 32.2. The van der Waals surface area contributed by atoms with Gasteiger partial charge in [-0.2, -0.15) is 0 Å². The summed E-state index contributed by atoms with van der Waals surface area (Å²) in [4.78, 5) is 14.2. The minimum atomic E-state index is -3.85. The van der Waals surface area contributed by atoms with E-state index in [0.717, 1.165) is 24.6 Å². The van der Waals surface area contributed by atoms with E-state index >= 15 is 0 Å². The van der Waals surface area contributed by atoms with Crippen LogP contribution in [0.3, 0.4) is 0 Å². The predicted octanol–water partition coefficient (Wildman–Crippen LogP) is -1.00. The van der Waals surface area contributed by atoms with Gasteiger partial charge in [-0.15, -0.1) is 0 Å². The summed E-state index contributed by atoms with van der Waals surface area (Å²) >= 11 is 0. The van der Waals surface area contributed by atoms with Crippen LogP contribution in [-0.2, 0) is 20.0 Å². The van der Waals surface area contributed by atoms with Gasteiger partial charge in [-0.3, -0.25) is 0 Å². The van der Waals surface area contributed by atoms with E-state index in [1.807, 2.05) is 0 Å². The first-order valence-corrected chi connectivity index (χ1v) is 9.13. The molecule has 1 heterocycles. The molecule has 1 aromatic heterocycles. The maximum absolute atomic E-state index is 11.8. The highest BCUT2D eigenvalue weighted by Crippen LogP contribution is 2.06. The van der Waals surface area contributed by atoms with E-state index < -0.39 is 26.0 Å². The first-order chi connectivity index (χ1) is 9.62. The van der Waals surface area contributed by atoms with Gasteiger partial charge in [0.2, 0.25) is 10.0 Å². The summed E-state index contributed by atoms with van der Waals surface area (Å²) in [6.45, 7) is 0.125. The maximum Gasteiger partial charge on any atom is 0.337 e. The van der Waals surface area contributed by atoms with Crippen molar-refractivity contribution in [1.82, 2.24) is 14.4 Å². The number of carboxylic acid groups (broad SMARTS) is 1. The van der Waals surface area contributed by atoms with Gasteiger partial charge in [-0.05, 0) is 18.6 Å². The molecule has 0 aliphatic carbocycles. The molecule has 9 nitrogen and oxygen atoms in total. The van der Waals surface area contributed by atoms with Gasteiger partial charge in [0.1, 0.15) is 0 Å². The number of rotatable bonds is 8. The number of pyridine rings is 1. The number of nitrogens with one attached hydrogen (secondary N) is 2. The molecule has 0 aliphatic heterocycles. The molecule has 1 aromatic rings. The standard InChI is InChI=1S/C10H15N3O6S2/c1-20(16,17)12-5-2-6-13-21(18,19)9-4-3-8(7-11-9)10(14)15/h3-4,7,12-13H,2,5-6H2,1H3,(H,14,15). The minimum Gasteiger partial charge on any atom is -0.478 e. The number of sulfonamides is 2. The second-order valence-corrected chi connectivity index (χ2v) is 7.65. The fourth-order valence-electron chi connectivity index (χ4n) is 1.29. The van der Waals surface area contributed by atoms with Crippen LogP contribution in [0.2, 0.25) is 0 Å². The van der Waals surface area contributed by atoms with Gasteiger partial charge in [0, 0.05) is 19.3 Å². The van der Waals surface area contributed by atoms with E-state index in [0.29, 0.717) is 0 Å². The lowest BCUT2D eigenvalue weighted by Gasteiger charge is -2.06. The molecule has 0 atom stereocenters. The number of aromatic carboxylic acids is 1. The molecule has 118 valence electrons. The number of nitrogens with zero attached hydrogens (tertiary/aromatic N) is 1. The van der Waals surface area contributed by atoms with Crippen molar-refractivity contribution in [2.75, 3.05) is 19.3 Å². The molecule has 0 bridgehead atoms. The van der Waals surface area contributed by atoms with Crippen LogP contribution in [0.25, 0.3) is 0 Å². The third kappa shape index (κ3) is 6.16. The van der Waals surface area contributed by atoms with Crippen LogP contribution >= 0.6 is 0 Å². The number of hydrogen-bond acceptors (Lipinski definition) is 6. The highest BCUT2D eigenvalue weighted by molar-refractivity contribution is 7.89. The summed E-state index contributed by atoms with van der Waals surface area (Å²) in [6, 6.07) is 2.22. The molecule has 0 aliphatic rings. The van der Waals surface area contributed by atoms with Gasteiger partial charge in [-0.1, -0.05) is 0 Å². The predicted molar refractivity (Wildman–Crippen MR) is 73.8 cm³/mol. The quantitative estimate of drug-likeness (QED) is 0.516. The molecule has 1 rings (SSSR count). The van der Waals surface area contributed by atoms with E-state index in [1.165, 1.54) is 0 Å². The Hall–Kier alpha value is -1.56. The molecular formula is C10H15N3O6S2. The molecule has 0 unspecified atom stereocenters. The van der Waals surface area contributed by atoms with Crippen molar-refractivity contribution >= 4 is 26.0 Å². The van der Waals surface area contributed by atoms with Crippen LogP contribution in [0.1, 0.15) is 16.8 Å². The molecule has 0 radical (unpaired) electrons. The van der Waals surface area contributed by atoms with E-state index in [9.17, 15) is 21.6 Å². The van der Waals surface area contributed by atoms with Crippen LogP contribution in [0.4, 0.5) is 0 Å². The topological polar surface area (TPSA) is 143 Å². The van der Waals surface area contributed by atoms with Gasteiger partial charge in [0.25, 0.3) is 10.0 Å². The third-order valence-corrected chi connectivity index (χ3v) is 4.37. The van der Waals surface area contributed by atoms with Crippen LogP contribution in [-0.4, -0.2) is 52.2 Å². The van der Waals surface area contributed by atoms with Gasteiger partial charge in [0.05, 0.1) is 11.8 Å². The normalized spacial score (nSPS) is 12.2. The smallest absolute Gasteiger partial charge is 0.337 e. The van der Waals surface area contributed by atoms with Crippen LogP contribution in [0, 0.1) is 0 Å². The summed E-state index contributed by atoms with van der Waals surface area (Å²) in [5, 5.41) is 8.38. The lowest BCUT2D eigenvalue weighted by molar-refractivity contribution is 0.0696. The first-order valence-electron chi connectivity index (χ1n) is 5.75. The molecule has 0 aromatic carbocycles. The Labute approximate surface area is 122 Å². The Morgan fingerprint density at radius 1 is 1.19 bits per heavy atom. The molecule has 0 saturated carbocycles. The van der Waals surface area contributed by atoms with Gasteiger partial charge >= 0.3 is 5.97 Å². The molecule has 0 spiro atoms. The van der Waals surface area contributed by atoms with E-state index in [2.05, 4.69) is 14.4 Å². The van der Waals surface area contributed by atoms with E-state index in [4.69, 9.17) is 5.11 Å². The zero-order valence-corrected chi connectivity index (χ0v) is 12.7. The first kappa shape index (κ1) is 17.5. The van der Waals surface area contributed by atoms with Gasteiger partial charge in [-0.25, -0.2) is 36.1 Å². The Morgan fingerprint density at radius 3 is 2.29 bits per heavy atom. The van der Waals surface area contributed by atoms with Crippen molar-refractivity contribution in [2.45, 2.75) is 11.4 Å². The summed E-state index contributed by atoms with van der Waals surface area (Å²) in [7, 11) is -7.15. The molecule has 0 amide bonds. The Balaban J connectivity index is 2.55. The van der Waals surface area contributed by atoms with E-state index in [-0.39, 0.29) is 30.1 Å². The zero-order chi connectivity index (χ0) is 16.1. The van der Waals surface area contributed by atoms with Crippen molar-refractivity contribution in [3.05, 3.63) is 23.9 Å². The number of hydrogen-bond donors (Lipinski definition) is 3. The molecule has 0 fully saturated rings. The lowest BCUT2D eigenvalue weighted by atomic mass is 10.3. The van der Waals surface area contributed by atoms with Crippen molar-refractivity contribution in [1.29, 1.82) is 0 Å². The van der Waals surface area contributed by atoms with Crippen LogP contribution < -0.4 is 9.44 Å². The third-order valence-electron chi connectivity index (χ3n) is 2.27. The second kappa shape index (κ2) is 6.93. The molecule has 3 N–H and O–H groups in total. The fraction of sp³-hybridized carbons (Fsp3) is 0.400. The van der Waals surface area contributed by atoms with Crippen molar-refractivity contribution in [2.24, 2.45) is 0 Å². The summed E-state index contributed by atoms with van der Waals surface area (Å²) in [5.74, 6) is -1.20. The fourth-order valence-corrected chi connectivity index (χ4v) is 2.81.